The van der Waals surface area contributed by atoms with E-state index in [1.54, 1.807) is 0 Å². The molecular formula is C13H12BrF5O3S. The summed E-state index contributed by atoms with van der Waals surface area (Å²) < 4.78 is 89.9. The number of hydrogen-bond donors (Lipinski definition) is 1. The van der Waals surface area contributed by atoms with Gasteiger partial charge in [-0.1, -0.05) is 15.9 Å². The van der Waals surface area contributed by atoms with Crippen LogP contribution in [0, 0.1) is 5.41 Å². The second-order valence-corrected chi connectivity index (χ2v) is 8.64. The van der Waals surface area contributed by atoms with Crippen LogP contribution in [0.1, 0.15) is 18.4 Å². The Morgan fingerprint density at radius 1 is 1.22 bits per heavy atom. The topological polar surface area (TPSA) is 54.4 Å². The molecular weight excluding hydrogens is 411 g/mol. The number of alkyl halides is 5. The highest BCUT2D eigenvalue weighted by molar-refractivity contribution is 9.10. The van der Waals surface area contributed by atoms with Crippen LogP contribution in [0.15, 0.2) is 27.6 Å². The van der Waals surface area contributed by atoms with Crippen molar-refractivity contribution in [3.8, 4) is 0 Å². The Labute approximate surface area is 137 Å². The van der Waals surface area contributed by atoms with Crippen LogP contribution in [0.3, 0.4) is 0 Å². The zero-order valence-corrected chi connectivity index (χ0v) is 13.9. The molecule has 1 saturated carbocycles. The summed E-state index contributed by atoms with van der Waals surface area (Å²) in [6, 6.07) is 2.44. The van der Waals surface area contributed by atoms with Gasteiger partial charge in [0.2, 0.25) is 5.92 Å². The fourth-order valence-corrected chi connectivity index (χ4v) is 5.37. The van der Waals surface area contributed by atoms with E-state index in [-0.39, 0.29) is 4.47 Å². The van der Waals surface area contributed by atoms with Gasteiger partial charge in [-0.2, -0.15) is 13.2 Å². The second-order valence-electron chi connectivity index (χ2n) is 5.76. The van der Waals surface area contributed by atoms with Crippen molar-refractivity contribution in [3.63, 3.8) is 0 Å². The lowest BCUT2D eigenvalue weighted by molar-refractivity contribution is -0.166. The lowest BCUT2D eigenvalue weighted by Gasteiger charge is -2.45. The van der Waals surface area contributed by atoms with Gasteiger partial charge >= 0.3 is 6.18 Å². The zero-order valence-electron chi connectivity index (χ0n) is 11.5. The first-order chi connectivity index (χ1) is 10.3. The van der Waals surface area contributed by atoms with E-state index < -0.39 is 63.0 Å². The van der Waals surface area contributed by atoms with Crippen molar-refractivity contribution >= 4 is 25.8 Å². The first-order valence-electron chi connectivity index (χ1n) is 6.39. The average Bonchev–Trinajstić information content (AvgIpc) is 2.34. The van der Waals surface area contributed by atoms with Crippen LogP contribution >= 0.6 is 15.9 Å². The number of benzene rings is 1. The highest BCUT2D eigenvalue weighted by Gasteiger charge is 2.58. The highest BCUT2D eigenvalue weighted by atomic mass is 79.9. The standard InChI is InChI=1S/C13H12BrF5O3S/c14-8-1-2-9(13(17,18)19)10(3-8)23(21,22)7-11(6-20)4-12(15,16)5-11/h1-3,20H,4-7H2. The van der Waals surface area contributed by atoms with E-state index in [9.17, 15) is 35.5 Å². The van der Waals surface area contributed by atoms with Gasteiger partial charge in [-0.15, -0.1) is 0 Å². The van der Waals surface area contributed by atoms with E-state index in [0.29, 0.717) is 6.07 Å². The summed E-state index contributed by atoms with van der Waals surface area (Å²) >= 11 is 2.90. The van der Waals surface area contributed by atoms with Gasteiger partial charge in [0.25, 0.3) is 0 Å². The maximum absolute atomic E-state index is 13.0. The number of aliphatic hydroxyl groups is 1. The molecule has 0 unspecified atom stereocenters. The molecule has 10 heteroatoms. The Morgan fingerprint density at radius 2 is 1.78 bits per heavy atom. The van der Waals surface area contributed by atoms with Gasteiger partial charge in [-0.25, -0.2) is 17.2 Å². The van der Waals surface area contributed by atoms with Gasteiger partial charge in [-0.3, -0.25) is 0 Å². The monoisotopic (exact) mass is 422 g/mol. The number of hydrogen-bond acceptors (Lipinski definition) is 3. The molecule has 0 bridgehead atoms. The minimum Gasteiger partial charge on any atom is -0.396 e. The van der Waals surface area contributed by atoms with Gasteiger partial charge in [0.15, 0.2) is 9.84 Å². The fraction of sp³-hybridized carbons (Fsp3) is 0.538. The third-order valence-electron chi connectivity index (χ3n) is 3.68. The van der Waals surface area contributed by atoms with Crippen molar-refractivity contribution in [2.45, 2.75) is 29.8 Å². The largest absolute Gasteiger partial charge is 0.417 e. The van der Waals surface area contributed by atoms with E-state index in [0.717, 1.165) is 12.1 Å². The maximum Gasteiger partial charge on any atom is 0.417 e. The molecule has 0 spiro atoms. The zero-order chi connectivity index (χ0) is 17.7. The van der Waals surface area contributed by atoms with Crippen molar-refractivity contribution < 1.29 is 35.5 Å². The number of aliphatic hydroxyl groups excluding tert-OH is 1. The lowest BCUT2D eigenvalue weighted by Crippen LogP contribution is -2.52. The van der Waals surface area contributed by atoms with Crippen molar-refractivity contribution in [1.82, 2.24) is 0 Å². The van der Waals surface area contributed by atoms with Gasteiger partial charge in [-0.05, 0) is 18.2 Å². The first kappa shape index (κ1) is 18.6. The molecule has 0 aliphatic heterocycles. The SMILES string of the molecule is O=S(=O)(CC1(CO)CC(F)(F)C1)c1cc(Br)ccc1C(F)(F)F. The van der Waals surface area contributed by atoms with Crippen LogP contribution < -0.4 is 0 Å². The summed E-state index contributed by atoms with van der Waals surface area (Å²) in [7, 11) is -4.52. The van der Waals surface area contributed by atoms with Crippen LogP contribution in [0.25, 0.3) is 0 Å². The third-order valence-corrected chi connectivity index (χ3v) is 6.18. The molecule has 0 heterocycles. The number of sulfone groups is 1. The maximum atomic E-state index is 13.0. The quantitative estimate of drug-likeness (QED) is 0.753. The van der Waals surface area contributed by atoms with Gasteiger partial charge in [0.1, 0.15) is 0 Å². The van der Waals surface area contributed by atoms with Gasteiger partial charge < -0.3 is 5.11 Å². The Bertz CT molecular complexity index is 707. The minimum absolute atomic E-state index is 0.112. The molecule has 1 N–H and O–H groups in total. The summed E-state index contributed by atoms with van der Waals surface area (Å²) in [4.78, 5) is -0.984. The van der Waals surface area contributed by atoms with Crippen molar-refractivity contribution in [1.29, 1.82) is 0 Å². The Balaban J connectivity index is 2.43. The smallest absolute Gasteiger partial charge is 0.396 e. The average molecular weight is 423 g/mol. The molecule has 0 aromatic heterocycles. The second kappa shape index (κ2) is 5.66. The van der Waals surface area contributed by atoms with E-state index in [1.165, 1.54) is 0 Å². The summed E-state index contributed by atoms with van der Waals surface area (Å²) in [6.45, 7) is -0.836. The van der Waals surface area contributed by atoms with Gasteiger partial charge in [0, 0.05) is 22.7 Å². The first-order valence-corrected chi connectivity index (χ1v) is 8.83. The fourth-order valence-electron chi connectivity index (χ4n) is 2.77. The molecule has 0 atom stereocenters. The van der Waals surface area contributed by atoms with E-state index >= 15 is 0 Å². The molecule has 2 rings (SSSR count). The summed E-state index contributed by atoms with van der Waals surface area (Å²) in [5, 5.41) is 9.23. The molecule has 23 heavy (non-hydrogen) atoms. The molecule has 1 aliphatic rings. The van der Waals surface area contributed by atoms with Crippen molar-refractivity contribution in [3.05, 3.63) is 28.2 Å². The van der Waals surface area contributed by atoms with E-state index in [4.69, 9.17) is 0 Å². The van der Waals surface area contributed by atoms with Crippen LogP contribution in [0.2, 0.25) is 0 Å². The highest BCUT2D eigenvalue weighted by Crippen LogP contribution is 2.53. The van der Waals surface area contributed by atoms with Crippen LogP contribution in [-0.4, -0.2) is 31.8 Å². The number of rotatable bonds is 4. The summed E-state index contributed by atoms with van der Waals surface area (Å²) in [5.74, 6) is -4.08. The van der Waals surface area contributed by atoms with Crippen LogP contribution in [0.5, 0.6) is 0 Å². The minimum atomic E-state index is -4.90. The lowest BCUT2D eigenvalue weighted by atomic mass is 9.68. The summed E-state index contributed by atoms with van der Waals surface area (Å²) in [6.07, 6.45) is -6.64. The predicted octanol–water partition coefficient (Wildman–Crippen LogP) is 3.65. The molecule has 130 valence electrons. The van der Waals surface area contributed by atoms with Crippen molar-refractivity contribution in [2.24, 2.45) is 5.41 Å². The molecule has 3 nitrogen and oxygen atoms in total. The van der Waals surface area contributed by atoms with Crippen LogP contribution in [0.4, 0.5) is 22.0 Å². The molecule has 1 aromatic carbocycles. The molecule has 1 aromatic rings. The molecule has 1 aliphatic carbocycles. The predicted molar refractivity (Wildman–Crippen MR) is 74.9 cm³/mol. The summed E-state index contributed by atoms with van der Waals surface area (Å²) in [5.41, 5.74) is -2.98. The van der Waals surface area contributed by atoms with Gasteiger partial charge in [0.05, 0.1) is 22.8 Å². The molecule has 0 saturated heterocycles. The Hall–Kier alpha value is -0.740. The normalized spacial score (nSPS) is 20.1. The number of halogens is 6. The van der Waals surface area contributed by atoms with E-state index in [2.05, 4.69) is 15.9 Å². The Morgan fingerprint density at radius 3 is 2.22 bits per heavy atom. The van der Waals surface area contributed by atoms with Crippen LogP contribution in [-0.2, 0) is 16.0 Å². The molecule has 0 radical (unpaired) electrons. The Kier molecular flexibility index (Phi) is 4.58. The van der Waals surface area contributed by atoms with Crippen molar-refractivity contribution in [2.75, 3.05) is 12.4 Å². The third kappa shape index (κ3) is 3.85. The molecule has 0 amide bonds. The van der Waals surface area contributed by atoms with E-state index in [1.807, 2.05) is 0 Å². The molecule has 1 fully saturated rings.